The molecule has 0 atom stereocenters. The molecule has 0 radical (unpaired) electrons. The molecule has 6 heteroatoms. The summed E-state index contributed by atoms with van der Waals surface area (Å²) in [5.74, 6) is -0.948. The maximum Gasteiger partial charge on any atom is 0.323 e. The summed E-state index contributed by atoms with van der Waals surface area (Å²) in [5.41, 5.74) is 0.675. The van der Waals surface area contributed by atoms with Gasteiger partial charge >= 0.3 is 5.97 Å². The monoisotopic (exact) mass is 220 g/mol. The van der Waals surface area contributed by atoms with Crippen LogP contribution >= 0.6 is 0 Å². The largest absolute Gasteiger partial charge is 0.480 e. The summed E-state index contributed by atoms with van der Waals surface area (Å²) in [5, 5.41) is 19.9. The first kappa shape index (κ1) is 10.2. The van der Waals surface area contributed by atoms with E-state index in [1.807, 2.05) is 0 Å². The highest BCUT2D eigenvalue weighted by Gasteiger charge is 2.09. The van der Waals surface area contributed by atoms with Crippen LogP contribution in [0.25, 0.3) is 10.9 Å². The molecule has 1 N–H and O–H groups in total. The minimum atomic E-state index is -0.948. The molecule has 0 aliphatic rings. The maximum atomic E-state index is 10.6. The Hall–Kier alpha value is -2.37. The first-order chi connectivity index (χ1) is 7.58. The molecule has 0 spiro atoms. The number of nitro benzene ring substituents is 1. The highest BCUT2D eigenvalue weighted by Crippen LogP contribution is 2.21. The number of fused-ring (bicyclic) bond motifs is 1. The number of non-ortho nitro benzene ring substituents is 1. The Morgan fingerprint density at radius 1 is 1.44 bits per heavy atom. The molecule has 16 heavy (non-hydrogen) atoms. The van der Waals surface area contributed by atoms with E-state index < -0.39 is 10.9 Å². The van der Waals surface area contributed by atoms with Crippen molar-refractivity contribution in [3.8, 4) is 0 Å². The third-order valence-corrected chi connectivity index (χ3v) is 2.27. The van der Waals surface area contributed by atoms with E-state index in [1.165, 1.54) is 16.7 Å². The molecule has 0 aliphatic carbocycles. The number of hydrogen-bond acceptors (Lipinski definition) is 3. The van der Waals surface area contributed by atoms with Gasteiger partial charge in [-0.3, -0.25) is 14.9 Å². The molecule has 1 aromatic carbocycles. The number of carboxylic acids is 1. The average Bonchev–Trinajstić information content (AvgIpc) is 2.60. The summed E-state index contributed by atoms with van der Waals surface area (Å²) in [6, 6.07) is 6.00. The number of nitro groups is 1. The van der Waals surface area contributed by atoms with Crippen LogP contribution in [0.3, 0.4) is 0 Å². The van der Waals surface area contributed by atoms with Crippen LogP contribution in [0.1, 0.15) is 0 Å². The standard InChI is InChI=1S/C10H8N2O4/c13-10(14)6-11-4-3-7-5-8(12(15)16)1-2-9(7)11/h1-5H,6H2,(H,13,14). The van der Waals surface area contributed by atoms with E-state index in [9.17, 15) is 14.9 Å². The van der Waals surface area contributed by atoms with Crippen LogP contribution < -0.4 is 0 Å². The summed E-state index contributed by atoms with van der Waals surface area (Å²) in [7, 11) is 0. The molecule has 0 unspecified atom stereocenters. The van der Waals surface area contributed by atoms with E-state index in [0.717, 1.165) is 0 Å². The minimum Gasteiger partial charge on any atom is -0.480 e. The van der Waals surface area contributed by atoms with E-state index >= 15 is 0 Å². The van der Waals surface area contributed by atoms with Crippen molar-refractivity contribution in [2.24, 2.45) is 0 Å². The molecule has 6 nitrogen and oxygen atoms in total. The Bertz CT molecular complexity index is 573. The van der Waals surface area contributed by atoms with E-state index in [2.05, 4.69) is 0 Å². The quantitative estimate of drug-likeness (QED) is 0.629. The van der Waals surface area contributed by atoms with Gasteiger partial charge in [0.2, 0.25) is 0 Å². The number of hydrogen-bond donors (Lipinski definition) is 1. The van der Waals surface area contributed by atoms with Gasteiger partial charge in [0.1, 0.15) is 6.54 Å². The van der Waals surface area contributed by atoms with Crippen LogP contribution in [-0.4, -0.2) is 20.6 Å². The van der Waals surface area contributed by atoms with Gasteiger partial charge in [0.15, 0.2) is 0 Å². The SMILES string of the molecule is O=C(O)Cn1ccc2cc([N+](=O)[O-])ccc21. The van der Waals surface area contributed by atoms with Crippen LogP contribution in [0, 0.1) is 10.1 Å². The molecule has 82 valence electrons. The predicted octanol–water partition coefficient (Wildman–Crippen LogP) is 1.63. The van der Waals surface area contributed by atoms with Gasteiger partial charge in [-0.15, -0.1) is 0 Å². The number of nitrogens with zero attached hydrogens (tertiary/aromatic N) is 2. The van der Waals surface area contributed by atoms with Gasteiger partial charge in [0.25, 0.3) is 5.69 Å². The minimum absolute atomic E-state index is 0.000532. The van der Waals surface area contributed by atoms with Crippen LogP contribution in [0.15, 0.2) is 30.5 Å². The van der Waals surface area contributed by atoms with Gasteiger partial charge < -0.3 is 9.67 Å². The number of aliphatic carboxylic acids is 1. The van der Waals surface area contributed by atoms with Crippen LogP contribution in [0.2, 0.25) is 0 Å². The number of aromatic nitrogens is 1. The average molecular weight is 220 g/mol. The fourth-order valence-electron chi connectivity index (χ4n) is 1.58. The fourth-order valence-corrected chi connectivity index (χ4v) is 1.58. The Morgan fingerprint density at radius 2 is 2.19 bits per heavy atom. The maximum absolute atomic E-state index is 10.6. The number of rotatable bonds is 3. The molecule has 1 aromatic heterocycles. The van der Waals surface area contributed by atoms with E-state index in [4.69, 9.17) is 5.11 Å². The highest BCUT2D eigenvalue weighted by atomic mass is 16.6. The van der Waals surface area contributed by atoms with Gasteiger partial charge in [0, 0.05) is 29.2 Å². The second-order valence-electron chi connectivity index (χ2n) is 3.34. The van der Waals surface area contributed by atoms with Gasteiger partial charge in [-0.05, 0) is 12.1 Å². The van der Waals surface area contributed by atoms with Crippen molar-refractivity contribution in [3.05, 3.63) is 40.6 Å². The molecule has 0 bridgehead atoms. The Kier molecular flexibility index (Phi) is 2.32. The van der Waals surface area contributed by atoms with E-state index in [-0.39, 0.29) is 12.2 Å². The molecular formula is C10H8N2O4. The fraction of sp³-hybridized carbons (Fsp3) is 0.100. The van der Waals surface area contributed by atoms with Crippen molar-refractivity contribution in [1.29, 1.82) is 0 Å². The van der Waals surface area contributed by atoms with Crippen molar-refractivity contribution >= 4 is 22.6 Å². The third kappa shape index (κ3) is 1.72. The van der Waals surface area contributed by atoms with E-state index in [1.54, 1.807) is 18.3 Å². The molecular weight excluding hydrogens is 212 g/mol. The molecule has 2 aromatic rings. The summed E-state index contributed by atoms with van der Waals surface area (Å²) in [4.78, 5) is 20.6. The van der Waals surface area contributed by atoms with Crippen LogP contribution in [0.5, 0.6) is 0 Å². The topological polar surface area (TPSA) is 85.4 Å². The summed E-state index contributed by atoms with van der Waals surface area (Å²) in [6.07, 6.45) is 1.60. The Balaban J connectivity index is 2.50. The zero-order chi connectivity index (χ0) is 11.7. The van der Waals surface area contributed by atoms with Crippen LogP contribution in [0.4, 0.5) is 5.69 Å². The molecule has 1 heterocycles. The van der Waals surface area contributed by atoms with Crippen LogP contribution in [-0.2, 0) is 11.3 Å². The number of carbonyl (C=O) groups is 1. The molecule has 0 amide bonds. The van der Waals surface area contributed by atoms with Gasteiger partial charge in [-0.25, -0.2) is 0 Å². The lowest BCUT2D eigenvalue weighted by molar-refractivity contribution is -0.384. The highest BCUT2D eigenvalue weighted by molar-refractivity contribution is 5.83. The Morgan fingerprint density at radius 3 is 2.81 bits per heavy atom. The van der Waals surface area contributed by atoms with Crippen molar-refractivity contribution in [3.63, 3.8) is 0 Å². The smallest absolute Gasteiger partial charge is 0.323 e. The lowest BCUT2D eigenvalue weighted by Gasteiger charge is -2.00. The van der Waals surface area contributed by atoms with Crippen molar-refractivity contribution in [2.75, 3.05) is 0 Å². The molecule has 0 saturated carbocycles. The second-order valence-corrected chi connectivity index (χ2v) is 3.34. The molecule has 0 fully saturated rings. The molecule has 2 rings (SSSR count). The van der Waals surface area contributed by atoms with Gasteiger partial charge in [-0.2, -0.15) is 0 Å². The first-order valence-corrected chi connectivity index (χ1v) is 4.53. The Labute approximate surface area is 89.9 Å². The van der Waals surface area contributed by atoms with Crippen molar-refractivity contribution in [2.45, 2.75) is 6.54 Å². The summed E-state index contributed by atoms with van der Waals surface area (Å²) < 4.78 is 1.53. The van der Waals surface area contributed by atoms with Gasteiger partial charge in [0.05, 0.1) is 4.92 Å². The van der Waals surface area contributed by atoms with E-state index in [0.29, 0.717) is 10.9 Å². The number of benzene rings is 1. The zero-order valence-corrected chi connectivity index (χ0v) is 8.16. The molecule has 0 aliphatic heterocycles. The third-order valence-electron chi connectivity index (χ3n) is 2.27. The lowest BCUT2D eigenvalue weighted by Crippen LogP contribution is -2.07. The summed E-state index contributed by atoms with van der Waals surface area (Å²) >= 11 is 0. The first-order valence-electron chi connectivity index (χ1n) is 4.53. The molecule has 0 saturated heterocycles. The number of carboxylic acid groups (broad SMARTS) is 1. The van der Waals surface area contributed by atoms with Crippen molar-refractivity contribution < 1.29 is 14.8 Å². The lowest BCUT2D eigenvalue weighted by atomic mass is 10.2. The van der Waals surface area contributed by atoms with Gasteiger partial charge in [-0.1, -0.05) is 0 Å². The second kappa shape index (κ2) is 3.65. The predicted molar refractivity (Wildman–Crippen MR) is 56.2 cm³/mol. The normalized spacial score (nSPS) is 10.5. The summed E-state index contributed by atoms with van der Waals surface area (Å²) in [6.45, 7) is -0.151. The zero-order valence-electron chi connectivity index (χ0n) is 8.16. The van der Waals surface area contributed by atoms with Crippen molar-refractivity contribution in [1.82, 2.24) is 4.57 Å².